The summed E-state index contributed by atoms with van der Waals surface area (Å²) in [6, 6.07) is 0. The maximum atomic E-state index is 5.61. The van der Waals surface area contributed by atoms with Crippen LogP contribution in [0, 0.1) is 0 Å². The molecule has 0 amide bonds. The molecule has 0 aliphatic heterocycles. The topological polar surface area (TPSA) is 77.8 Å². The third kappa shape index (κ3) is 3.12. The first-order chi connectivity index (χ1) is 9.31. The lowest BCUT2D eigenvalue weighted by Crippen LogP contribution is -2.00. The van der Waals surface area contributed by atoms with Crippen LogP contribution in [0.1, 0.15) is 61.9 Å². The Hall–Kier alpha value is -1.43. The molecule has 5 nitrogen and oxygen atoms in total. The molecule has 1 fully saturated rings. The van der Waals surface area contributed by atoms with E-state index in [9.17, 15) is 0 Å². The zero-order chi connectivity index (χ0) is 13.1. The molecule has 2 N–H and O–H groups in total. The van der Waals surface area contributed by atoms with Gasteiger partial charge in [0.05, 0.1) is 12.1 Å². The van der Waals surface area contributed by atoms with Gasteiger partial charge in [0.15, 0.2) is 11.0 Å². The maximum Gasteiger partial charge on any atom is 0.232 e. The number of aromatic nitrogens is 3. The van der Waals surface area contributed by atoms with Crippen molar-refractivity contribution in [2.45, 2.75) is 50.9 Å². The van der Waals surface area contributed by atoms with E-state index in [4.69, 9.17) is 10.3 Å². The van der Waals surface area contributed by atoms with Crippen LogP contribution in [0.3, 0.4) is 0 Å². The standard InChI is InChI=1S/C13H18N4OS/c14-13-15-10(8-19-13)7-11-16-12(17-18-11)9-5-3-1-2-4-6-9/h8-9H,1-7H2,(H2,14,15). The molecule has 1 saturated carbocycles. The van der Waals surface area contributed by atoms with Gasteiger partial charge in [-0.1, -0.05) is 30.8 Å². The minimum Gasteiger partial charge on any atom is -0.375 e. The number of nitrogens with zero attached hydrogens (tertiary/aromatic N) is 3. The van der Waals surface area contributed by atoms with E-state index in [1.54, 1.807) is 0 Å². The third-order valence-corrected chi connectivity index (χ3v) is 4.33. The molecule has 0 aromatic carbocycles. The molecule has 19 heavy (non-hydrogen) atoms. The first-order valence-corrected chi connectivity index (χ1v) is 7.71. The average molecular weight is 278 g/mol. The monoisotopic (exact) mass is 278 g/mol. The fourth-order valence-corrected chi connectivity index (χ4v) is 3.16. The van der Waals surface area contributed by atoms with Gasteiger partial charge in [0, 0.05) is 11.3 Å². The Morgan fingerprint density at radius 1 is 1.21 bits per heavy atom. The lowest BCUT2D eigenvalue weighted by Gasteiger charge is -2.07. The minimum absolute atomic E-state index is 0.473. The summed E-state index contributed by atoms with van der Waals surface area (Å²) in [6.07, 6.45) is 8.16. The molecule has 0 spiro atoms. The first kappa shape index (κ1) is 12.6. The molecule has 6 heteroatoms. The SMILES string of the molecule is Nc1nc(Cc2nc(C3CCCCCC3)no2)cs1. The van der Waals surface area contributed by atoms with Crippen LogP contribution in [0.15, 0.2) is 9.90 Å². The average Bonchev–Trinajstić information content (AvgIpc) is 2.92. The summed E-state index contributed by atoms with van der Waals surface area (Å²) in [6.45, 7) is 0. The Bertz CT molecular complexity index is 528. The third-order valence-electron chi connectivity index (χ3n) is 3.61. The lowest BCUT2D eigenvalue weighted by molar-refractivity contribution is 0.372. The molecule has 2 aromatic rings. The van der Waals surface area contributed by atoms with E-state index < -0.39 is 0 Å². The van der Waals surface area contributed by atoms with Crippen molar-refractivity contribution in [3.8, 4) is 0 Å². The van der Waals surface area contributed by atoms with E-state index in [0.717, 1.165) is 11.5 Å². The Morgan fingerprint density at radius 3 is 2.68 bits per heavy atom. The zero-order valence-electron chi connectivity index (χ0n) is 10.8. The summed E-state index contributed by atoms with van der Waals surface area (Å²) < 4.78 is 5.33. The molecule has 2 aromatic heterocycles. The molecular weight excluding hydrogens is 260 g/mol. The second-order valence-corrected chi connectivity index (χ2v) is 5.98. The van der Waals surface area contributed by atoms with Crippen molar-refractivity contribution in [2.75, 3.05) is 5.73 Å². The highest BCUT2D eigenvalue weighted by atomic mass is 32.1. The quantitative estimate of drug-likeness (QED) is 0.873. The van der Waals surface area contributed by atoms with Crippen LogP contribution in [0.4, 0.5) is 5.13 Å². The van der Waals surface area contributed by atoms with Gasteiger partial charge in [-0.05, 0) is 12.8 Å². The number of hydrogen-bond acceptors (Lipinski definition) is 6. The zero-order valence-corrected chi connectivity index (χ0v) is 11.7. The number of anilines is 1. The normalized spacial score (nSPS) is 17.5. The number of nitrogens with two attached hydrogens (primary N) is 1. The van der Waals surface area contributed by atoms with Crippen molar-refractivity contribution < 1.29 is 4.52 Å². The highest BCUT2D eigenvalue weighted by molar-refractivity contribution is 7.13. The van der Waals surface area contributed by atoms with Gasteiger partial charge >= 0.3 is 0 Å². The first-order valence-electron chi connectivity index (χ1n) is 6.83. The van der Waals surface area contributed by atoms with Crippen LogP contribution in [-0.2, 0) is 6.42 Å². The summed E-state index contributed by atoms with van der Waals surface area (Å²) in [5.41, 5.74) is 6.51. The van der Waals surface area contributed by atoms with Gasteiger partial charge in [0.2, 0.25) is 5.89 Å². The molecule has 0 saturated heterocycles. The maximum absolute atomic E-state index is 5.61. The number of rotatable bonds is 3. The van der Waals surface area contributed by atoms with Crippen molar-refractivity contribution in [3.63, 3.8) is 0 Å². The van der Waals surface area contributed by atoms with Gasteiger partial charge in [-0.15, -0.1) is 11.3 Å². The van der Waals surface area contributed by atoms with Crippen molar-refractivity contribution in [1.82, 2.24) is 15.1 Å². The fraction of sp³-hybridized carbons (Fsp3) is 0.615. The molecule has 3 rings (SSSR count). The molecule has 102 valence electrons. The van der Waals surface area contributed by atoms with Gasteiger partial charge in [0.1, 0.15) is 0 Å². The Kier molecular flexibility index (Phi) is 3.77. The highest BCUT2D eigenvalue weighted by Gasteiger charge is 2.20. The van der Waals surface area contributed by atoms with Gasteiger partial charge in [0.25, 0.3) is 0 Å². The summed E-state index contributed by atoms with van der Waals surface area (Å²) in [7, 11) is 0. The second kappa shape index (κ2) is 5.69. The van der Waals surface area contributed by atoms with Gasteiger partial charge in [-0.3, -0.25) is 0 Å². The van der Waals surface area contributed by atoms with E-state index in [1.165, 1.54) is 49.9 Å². The van der Waals surface area contributed by atoms with Crippen LogP contribution >= 0.6 is 11.3 Å². The van der Waals surface area contributed by atoms with Crippen molar-refractivity contribution in [1.29, 1.82) is 0 Å². The smallest absolute Gasteiger partial charge is 0.232 e. The van der Waals surface area contributed by atoms with Crippen molar-refractivity contribution in [3.05, 3.63) is 22.8 Å². The van der Waals surface area contributed by atoms with E-state index in [1.807, 2.05) is 5.38 Å². The molecule has 1 aliphatic carbocycles. The lowest BCUT2D eigenvalue weighted by atomic mass is 10.00. The summed E-state index contributed by atoms with van der Waals surface area (Å²) in [4.78, 5) is 8.74. The minimum atomic E-state index is 0.473. The molecule has 0 atom stereocenters. The van der Waals surface area contributed by atoms with Gasteiger partial charge in [-0.25, -0.2) is 4.98 Å². The van der Waals surface area contributed by atoms with Crippen molar-refractivity contribution in [2.24, 2.45) is 0 Å². The van der Waals surface area contributed by atoms with Crippen LogP contribution in [0.25, 0.3) is 0 Å². The van der Waals surface area contributed by atoms with Crippen LogP contribution in [-0.4, -0.2) is 15.1 Å². The predicted octanol–water partition coefficient (Wildman–Crippen LogP) is 3.14. The Balaban J connectivity index is 1.68. The number of hydrogen-bond donors (Lipinski definition) is 1. The number of thiazole rings is 1. The van der Waals surface area contributed by atoms with E-state index in [0.29, 0.717) is 23.4 Å². The van der Waals surface area contributed by atoms with Gasteiger partial charge < -0.3 is 10.3 Å². The van der Waals surface area contributed by atoms with E-state index in [2.05, 4.69) is 15.1 Å². The number of nitrogen functional groups attached to an aromatic ring is 1. The predicted molar refractivity (Wildman–Crippen MR) is 74.1 cm³/mol. The second-order valence-electron chi connectivity index (χ2n) is 5.09. The molecule has 1 aliphatic rings. The van der Waals surface area contributed by atoms with Crippen LogP contribution in [0.2, 0.25) is 0 Å². The summed E-state index contributed by atoms with van der Waals surface area (Å²) >= 11 is 1.44. The van der Waals surface area contributed by atoms with Crippen LogP contribution in [0.5, 0.6) is 0 Å². The summed E-state index contributed by atoms with van der Waals surface area (Å²) in [5, 5.41) is 6.66. The molecule has 0 bridgehead atoms. The van der Waals surface area contributed by atoms with E-state index >= 15 is 0 Å². The Labute approximate surface area is 116 Å². The van der Waals surface area contributed by atoms with Gasteiger partial charge in [-0.2, -0.15) is 4.98 Å². The fourth-order valence-electron chi connectivity index (χ4n) is 2.60. The largest absolute Gasteiger partial charge is 0.375 e. The Morgan fingerprint density at radius 2 is 2.00 bits per heavy atom. The molecule has 0 radical (unpaired) electrons. The summed E-state index contributed by atoms with van der Waals surface area (Å²) in [5.74, 6) is 1.99. The van der Waals surface area contributed by atoms with E-state index in [-0.39, 0.29) is 0 Å². The van der Waals surface area contributed by atoms with Crippen molar-refractivity contribution >= 4 is 16.5 Å². The highest BCUT2D eigenvalue weighted by Crippen LogP contribution is 2.30. The van der Waals surface area contributed by atoms with Crippen LogP contribution < -0.4 is 5.73 Å². The molecule has 2 heterocycles. The molecular formula is C13H18N4OS. The molecule has 0 unspecified atom stereocenters.